The molecule has 2 aromatic heterocycles. The number of ether oxygens (including phenoxy) is 1. The number of nitrogens with zero attached hydrogens (tertiary/aromatic N) is 5. The lowest BCUT2D eigenvalue weighted by molar-refractivity contribution is -0.126. The summed E-state index contributed by atoms with van der Waals surface area (Å²) in [6, 6.07) is 17.6. The van der Waals surface area contributed by atoms with Gasteiger partial charge in [-0.1, -0.05) is 36.4 Å². The van der Waals surface area contributed by atoms with Crippen LogP contribution in [0.15, 0.2) is 65.4 Å². The fourth-order valence-corrected chi connectivity index (χ4v) is 4.42. The molecule has 1 atom stereocenters. The molecule has 0 unspecified atom stereocenters. The van der Waals surface area contributed by atoms with Gasteiger partial charge in [-0.2, -0.15) is 5.10 Å². The normalized spacial score (nSPS) is 16.2. The second-order valence-electron chi connectivity index (χ2n) is 8.27. The molecule has 4 aromatic rings. The van der Waals surface area contributed by atoms with Crippen LogP contribution in [-0.2, 0) is 16.1 Å². The first-order chi connectivity index (χ1) is 16.2. The number of likely N-dealkylation sites (tertiary alicyclic amines) is 1. The third-order valence-corrected chi connectivity index (χ3v) is 6.13. The fraction of sp³-hybridized carbons (Fsp3) is 0.333. The Bertz CT molecular complexity index is 1210. The zero-order chi connectivity index (χ0) is 22.6. The largest absolute Gasteiger partial charge is 0.367 e. The number of carbonyl (C=O) groups excluding carboxylic acids is 1. The quantitative estimate of drug-likeness (QED) is 0.463. The third-order valence-electron chi connectivity index (χ3n) is 6.13. The highest BCUT2D eigenvalue weighted by atomic mass is 16.6. The number of amides is 1. The predicted molar refractivity (Wildman–Crippen MR) is 122 cm³/mol. The van der Waals surface area contributed by atoms with Gasteiger partial charge in [-0.15, -0.1) is 0 Å². The Morgan fingerprint density at radius 2 is 1.91 bits per heavy atom. The van der Waals surface area contributed by atoms with Gasteiger partial charge in [0.1, 0.15) is 16.9 Å². The van der Waals surface area contributed by atoms with E-state index in [4.69, 9.17) is 9.37 Å². The standard InChI is InChI=1S/C24H26N6O3/c1-32-23(18-5-3-2-4-6-18)24(31)26-22-9-12-25-30(22)19-10-13-29(14-11-19)16-17-7-8-20-21(15-17)28-33-27-20/h2-9,12,15,19,23H,10-11,13-14,16H2,1H3,(H,26,31)/t23-/m1/s1. The van der Waals surface area contributed by atoms with Crippen molar-refractivity contribution in [1.29, 1.82) is 0 Å². The minimum atomic E-state index is -0.673. The van der Waals surface area contributed by atoms with Crippen LogP contribution in [0.5, 0.6) is 0 Å². The first kappa shape index (κ1) is 21.3. The zero-order valence-corrected chi connectivity index (χ0v) is 18.4. The molecule has 170 valence electrons. The number of carbonyl (C=O) groups is 1. The molecule has 0 bridgehead atoms. The first-order valence-electron chi connectivity index (χ1n) is 11.1. The highest BCUT2D eigenvalue weighted by Gasteiger charge is 2.25. The van der Waals surface area contributed by atoms with Crippen molar-refractivity contribution in [3.05, 3.63) is 71.9 Å². The number of hydrogen-bond acceptors (Lipinski definition) is 7. The molecule has 0 spiro atoms. The van der Waals surface area contributed by atoms with Crippen molar-refractivity contribution >= 4 is 22.8 Å². The summed E-state index contributed by atoms with van der Waals surface area (Å²) in [5.74, 6) is 0.487. The van der Waals surface area contributed by atoms with Gasteiger partial charge in [-0.25, -0.2) is 9.31 Å². The number of fused-ring (bicyclic) bond motifs is 1. The zero-order valence-electron chi connectivity index (χ0n) is 18.4. The lowest BCUT2D eigenvalue weighted by Gasteiger charge is -2.32. The van der Waals surface area contributed by atoms with Crippen LogP contribution in [0.25, 0.3) is 11.0 Å². The SMILES string of the molecule is CO[C@@H](C(=O)Nc1ccnn1C1CCN(Cc2ccc3nonc3c2)CC1)c1ccccc1. The number of nitrogens with one attached hydrogen (secondary N) is 1. The van der Waals surface area contributed by atoms with Gasteiger partial charge in [0.15, 0.2) is 6.10 Å². The van der Waals surface area contributed by atoms with E-state index in [-0.39, 0.29) is 11.9 Å². The second-order valence-corrected chi connectivity index (χ2v) is 8.27. The Kier molecular flexibility index (Phi) is 6.14. The van der Waals surface area contributed by atoms with Gasteiger partial charge in [-0.05, 0) is 46.4 Å². The van der Waals surface area contributed by atoms with Crippen molar-refractivity contribution in [2.75, 3.05) is 25.5 Å². The minimum Gasteiger partial charge on any atom is -0.367 e. The van der Waals surface area contributed by atoms with Crippen molar-refractivity contribution in [1.82, 2.24) is 25.0 Å². The van der Waals surface area contributed by atoms with E-state index in [2.05, 4.69) is 31.7 Å². The molecule has 1 aliphatic heterocycles. The number of anilines is 1. The summed E-state index contributed by atoms with van der Waals surface area (Å²) in [5.41, 5.74) is 3.56. The van der Waals surface area contributed by atoms with Crippen LogP contribution in [0.3, 0.4) is 0 Å². The summed E-state index contributed by atoms with van der Waals surface area (Å²) in [5, 5.41) is 15.3. The van der Waals surface area contributed by atoms with Gasteiger partial charge in [0.25, 0.3) is 5.91 Å². The predicted octanol–water partition coefficient (Wildman–Crippen LogP) is 3.58. The topological polar surface area (TPSA) is 98.3 Å². The van der Waals surface area contributed by atoms with Gasteiger partial charge >= 0.3 is 0 Å². The van der Waals surface area contributed by atoms with Crippen molar-refractivity contribution < 1.29 is 14.2 Å². The van der Waals surface area contributed by atoms with Gasteiger partial charge in [0.05, 0.1) is 12.2 Å². The maximum atomic E-state index is 12.9. The number of piperidine rings is 1. The Hall–Kier alpha value is -3.56. The van der Waals surface area contributed by atoms with Gasteiger partial charge in [0, 0.05) is 32.8 Å². The van der Waals surface area contributed by atoms with E-state index in [0.29, 0.717) is 5.82 Å². The average Bonchev–Trinajstić information content (AvgIpc) is 3.50. The van der Waals surface area contributed by atoms with Crippen LogP contribution in [-0.4, -0.2) is 51.1 Å². The molecule has 33 heavy (non-hydrogen) atoms. The van der Waals surface area contributed by atoms with Crippen LogP contribution < -0.4 is 5.32 Å². The van der Waals surface area contributed by atoms with E-state index in [1.165, 1.54) is 5.56 Å². The summed E-state index contributed by atoms with van der Waals surface area (Å²) >= 11 is 0. The Morgan fingerprint density at radius 1 is 1.12 bits per heavy atom. The van der Waals surface area contributed by atoms with Crippen LogP contribution in [0.2, 0.25) is 0 Å². The molecule has 3 heterocycles. The van der Waals surface area contributed by atoms with Crippen molar-refractivity contribution in [3.8, 4) is 0 Å². The number of hydrogen-bond donors (Lipinski definition) is 1. The molecule has 1 fully saturated rings. The number of rotatable bonds is 7. The third kappa shape index (κ3) is 4.64. The van der Waals surface area contributed by atoms with E-state index in [0.717, 1.165) is 49.1 Å². The van der Waals surface area contributed by atoms with Crippen molar-refractivity contribution in [2.24, 2.45) is 0 Å². The number of methoxy groups -OCH3 is 1. The van der Waals surface area contributed by atoms with E-state index >= 15 is 0 Å². The summed E-state index contributed by atoms with van der Waals surface area (Å²) in [7, 11) is 1.54. The van der Waals surface area contributed by atoms with Gasteiger partial charge in [0.2, 0.25) is 0 Å². The summed E-state index contributed by atoms with van der Waals surface area (Å²) in [6.45, 7) is 2.74. The summed E-state index contributed by atoms with van der Waals surface area (Å²) < 4.78 is 12.2. The number of benzene rings is 2. The lowest BCUT2D eigenvalue weighted by Crippen LogP contribution is -2.35. The van der Waals surface area contributed by atoms with Crippen molar-refractivity contribution in [2.45, 2.75) is 31.5 Å². The lowest BCUT2D eigenvalue weighted by atomic mass is 10.0. The van der Waals surface area contributed by atoms with Gasteiger partial charge in [-0.3, -0.25) is 9.69 Å². The molecule has 9 heteroatoms. The molecule has 1 saturated heterocycles. The molecule has 0 aliphatic carbocycles. The molecule has 9 nitrogen and oxygen atoms in total. The van der Waals surface area contributed by atoms with Crippen LogP contribution in [0.4, 0.5) is 5.82 Å². The molecule has 2 aromatic carbocycles. The number of aromatic nitrogens is 4. The van der Waals surface area contributed by atoms with Crippen molar-refractivity contribution in [3.63, 3.8) is 0 Å². The molecule has 0 radical (unpaired) electrons. The Balaban J connectivity index is 1.20. The Morgan fingerprint density at radius 3 is 2.70 bits per heavy atom. The van der Waals surface area contributed by atoms with E-state index in [1.54, 1.807) is 13.3 Å². The minimum absolute atomic E-state index is 0.208. The molecular weight excluding hydrogens is 420 g/mol. The van der Waals surface area contributed by atoms with Gasteiger partial charge < -0.3 is 10.1 Å². The van der Waals surface area contributed by atoms with E-state index in [1.807, 2.05) is 53.2 Å². The molecule has 1 amide bonds. The maximum absolute atomic E-state index is 12.9. The smallest absolute Gasteiger partial charge is 0.259 e. The van der Waals surface area contributed by atoms with E-state index in [9.17, 15) is 4.79 Å². The molecular formula is C24H26N6O3. The van der Waals surface area contributed by atoms with Crippen LogP contribution in [0, 0.1) is 0 Å². The maximum Gasteiger partial charge on any atom is 0.259 e. The fourth-order valence-electron chi connectivity index (χ4n) is 4.42. The summed E-state index contributed by atoms with van der Waals surface area (Å²) in [6.07, 6.45) is 2.96. The second kappa shape index (κ2) is 9.51. The molecule has 1 aliphatic rings. The van der Waals surface area contributed by atoms with E-state index < -0.39 is 6.10 Å². The molecule has 0 saturated carbocycles. The van der Waals surface area contributed by atoms with Crippen LogP contribution in [0.1, 0.15) is 36.1 Å². The molecule has 5 rings (SSSR count). The Labute approximate surface area is 191 Å². The van der Waals surface area contributed by atoms with Crippen LogP contribution >= 0.6 is 0 Å². The monoisotopic (exact) mass is 446 g/mol. The molecule has 1 N–H and O–H groups in total. The summed E-state index contributed by atoms with van der Waals surface area (Å²) in [4.78, 5) is 15.3. The highest BCUT2D eigenvalue weighted by Crippen LogP contribution is 2.27. The first-order valence-corrected chi connectivity index (χ1v) is 11.1. The average molecular weight is 447 g/mol. The highest BCUT2D eigenvalue weighted by molar-refractivity contribution is 5.94.